The zero-order chi connectivity index (χ0) is 23.6. The fourth-order valence-electron chi connectivity index (χ4n) is 4.12. The van der Waals surface area contributed by atoms with Crippen molar-refractivity contribution in [3.05, 3.63) is 86.8 Å². The first-order valence-corrected chi connectivity index (χ1v) is 13.4. The first-order valence-electron chi connectivity index (χ1n) is 10.7. The average Bonchev–Trinajstić information content (AvgIpc) is 3.28. The molecule has 2 heterocycles. The second kappa shape index (κ2) is 9.93. The van der Waals surface area contributed by atoms with E-state index in [0.29, 0.717) is 24.4 Å². The zero-order valence-electron chi connectivity index (χ0n) is 18.1. The second-order valence-electron chi connectivity index (χ2n) is 7.88. The van der Waals surface area contributed by atoms with Crippen LogP contribution in [-0.2, 0) is 21.2 Å². The molecule has 4 rings (SSSR count). The quantitative estimate of drug-likeness (QED) is 0.447. The fourth-order valence-corrected chi connectivity index (χ4v) is 6.63. The summed E-state index contributed by atoms with van der Waals surface area (Å²) in [6.45, 7) is 2.29. The van der Waals surface area contributed by atoms with Crippen LogP contribution in [0, 0.1) is 5.82 Å². The molecule has 1 aliphatic rings. The molecular weight excluding hydrogens is 483 g/mol. The van der Waals surface area contributed by atoms with Gasteiger partial charge in [-0.25, -0.2) is 12.8 Å². The summed E-state index contributed by atoms with van der Waals surface area (Å²) >= 11 is 7.55. The van der Waals surface area contributed by atoms with Gasteiger partial charge in [-0.05, 0) is 71.8 Å². The lowest BCUT2D eigenvalue weighted by atomic mass is 9.93. The summed E-state index contributed by atoms with van der Waals surface area (Å²) in [4.78, 5) is 16.5. The van der Waals surface area contributed by atoms with Crippen LogP contribution in [0.1, 0.15) is 35.4 Å². The number of amides is 1. The van der Waals surface area contributed by atoms with Gasteiger partial charge in [-0.3, -0.25) is 4.79 Å². The van der Waals surface area contributed by atoms with E-state index < -0.39 is 10.0 Å². The molecule has 0 fully saturated rings. The highest BCUT2D eigenvalue weighted by atomic mass is 35.5. The van der Waals surface area contributed by atoms with E-state index in [4.69, 9.17) is 11.6 Å². The van der Waals surface area contributed by atoms with E-state index in [9.17, 15) is 17.6 Å². The van der Waals surface area contributed by atoms with Crippen molar-refractivity contribution in [1.29, 1.82) is 0 Å². The monoisotopic (exact) mass is 506 g/mol. The molecule has 0 saturated carbocycles. The summed E-state index contributed by atoms with van der Waals surface area (Å²) in [6, 6.07) is 13.7. The Kier molecular flexibility index (Phi) is 7.19. The number of carbonyl (C=O) groups excluding carboxylic acids is 1. The zero-order valence-corrected chi connectivity index (χ0v) is 20.5. The molecule has 0 radical (unpaired) electrons. The molecule has 0 N–H and O–H groups in total. The van der Waals surface area contributed by atoms with Crippen molar-refractivity contribution in [2.45, 2.75) is 30.7 Å². The van der Waals surface area contributed by atoms with Crippen LogP contribution in [0.3, 0.4) is 0 Å². The van der Waals surface area contributed by atoms with Gasteiger partial charge < -0.3 is 4.90 Å². The van der Waals surface area contributed by atoms with Crippen LogP contribution in [0.4, 0.5) is 4.39 Å². The molecule has 1 aliphatic heterocycles. The van der Waals surface area contributed by atoms with Gasteiger partial charge in [-0.2, -0.15) is 4.31 Å². The van der Waals surface area contributed by atoms with Gasteiger partial charge >= 0.3 is 0 Å². The number of sulfonamides is 1. The minimum Gasteiger partial charge on any atom is -0.330 e. The predicted molar refractivity (Wildman–Crippen MR) is 128 cm³/mol. The lowest BCUT2D eigenvalue weighted by molar-refractivity contribution is -0.133. The molecule has 9 heteroatoms. The molecule has 1 aromatic heterocycles. The summed E-state index contributed by atoms with van der Waals surface area (Å²) in [6.07, 6.45) is 1.27. The third kappa shape index (κ3) is 4.99. The molecular formula is C24H24ClFN2O3S2. The molecule has 5 nitrogen and oxygen atoms in total. The van der Waals surface area contributed by atoms with Crippen LogP contribution < -0.4 is 0 Å². The number of fused-ring (bicyclic) bond motifs is 1. The number of hydrogen-bond acceptors (Lipinski definition) is 4. The van der Waals surface area contributed by atoms with Gasteiger partial charge in [0.05, 0.1) is 17.5 Å². The van der Waals surface area contributed by atoms with Crippen LogP contribution >= 0.6 is 22.9 Å². The van der Waals surface area contributed by atoms with Gasteiger partial charge in [0.25, 0.3) is 0 Å². The Morgan fingerprint density at radius 3 is 2.52 bits per heavy atom. The normalized spacial score (nSPS) is 16.1. The molecule has 1 amide bonds. The van der Waals surface area contributed by atoms with E-state index in [2.05, 4.69) is 0 Å². The Bertz CT molecular complexity index is 1230. The van der Waals surface area contributed by atoms with Gasteiger partial charge in [0.1, 0.15) is 5.82 Å². The van der Waals surface area contributed by atoms with Crippen LogP contribution in [-0.4, -0.2) is 43.2 Å². The maximum absolute atomic E-state index is 13.6. The number of halogens is 2. The third-order valence-electron chi connectivity index (χ3n) is 5.71. The van der Waals surface area contributed by atoms with Crippen molar-refractivity contribution < 1.29 is 17.6 Å². The van der Waals surface area contributed by atoms with Crippen LogP contribution in [0.25, 0.3) is 0 Å². The Morgan fingerprint density at radius 2 is 1.85 bits per heavy atom. The number of carbonyl (C=O) groups is 1. The van der Waals surface area contributed by atoms with Crippen molar-refractivity contribution in [3.63, 3.8) is 0 Å². The molecule has 0 saturated heterocycles. The van der Waals surface area contributed by atoms with Gasteiger partial charge in [0.2, 0.25) is 15.9 Å². The van der Waals surface area contributed by atoms with Crippen LogP contribution in [0.2, 0.25) is 5.02 Å². The van der Waals surface area contributed by atoms with Crippen molar-refractivity contribution in [2.24, 2.45) is 0 Å². The molecule has 174 valence electrons. The van der Waals surface area contributed by atoms with Crippen molar-refractivity contribution >= 4 is 38.9 Å². The first-order chi connectivity index (χ1) is 15.8. The molecule has 1 unspecified atom stereocenters. The van der Waals surface area contributed by atoms with Gasteiger partial charge in [-0.1, -0.05) is 30.7 Å². The number of hydrogen-bond donors (Lipinski definition) is 0. The number of rotatable bonds is 7. The highest BCUT2D eigenvalue weighted by Gasteiger charge is 2.35. The average molecular weight is 507 g/mol. The van der Waals surface area contributed by atoms with E-state index in [1.807, 2.05) is 18.4 Å². The first kappa shape index (κ1) is 23.9. The van der Waals surface area contributed by atoms with Crippen molar-refractivity contribution in [1.82, 2.24) is 9.21 Å². The molecule has 0 bridgehead atoms. The minimum absolute atomic E-state index is 0.0991. The minimum atomic E-state index is -3.87. The maximum Gasteiger partial charge on any atom is 0.243 e. The highest BCUT2D eigenvalue weighted by Crippen LogP contribution is 2.38. The van der Waals surface area contributed by atoms with E-state index >= 15 is 0 Å². The van der Waals surface area contributed by atoms with Crippen LogP contribution in [0.15, 0.2) is 64.9 Å². The lowest BCUT2D eigenvalue weighted by Gasteiger charge is -2.37. The maximum atomic E-state index is 13.6. The largest absolute Gasteiger partial charge is 0.330 e. The molecule has 2 aromatic carbocycles. The van der Waals surface area contributed by atoms with Gasteiger partial charge in [0.15, 0.2) is 0 Å². The molecule has 1 atom stereocenters. The van der Waals surface area contributed by atoms with Crippen molar-refractivity contribution in [2.75, 3.05) is 19.6 Å². The highest BCUT2D eigenvalue weighted by molar-refractivity contribution is 7.89. The summed E-state index contributed by atoms with van der Waals surface area (Å²) in [5.41, 5.74) is 1.81. The fraction of sp³-hybridized carbons (Fsp3) is 0.292. The van der Waals surface area contributed by atoms with E-state index in [1.54, 1.807) is 28.4 Å². The summed E-state index contributed by atoms with van der Waals surface area (Å²) < 4.78 is 41.3. The topological polar surface area (TPSA) is 57.7 Å². The molecule has 0 aliphatic carbocycles. The Hall–Kier alpha value is -2.26. The van der Waals surface area contributed by atoms with E-state index in [-0.39, 0.29) is 35.8 Å². The molecule has 33 heavy (non-hydrogen) atoms. The van der Waals surface area contributed by atoms with Gasteiger partial charge in [-0.15, -0.1) is 11.3 Å². The Balaban J connectivity index is 1.64. The summed E-state index contributed by atoms with van der Waals surface area (Å²) in [7, 11) is -3.87. The third-order valence-corrected chi connectivity index (χ3v) is 8.82. The van der Waals surface area contributed by atoms with Gasteiger partial charge in [0, 0.05) is 23.0 Å². The number of nitrogens with zero attached hydrogens (tertiary/aromatic N) is 2. The SMILES string of the molecule is CCCN(CC(=O)N1CCc2sccc2C1c1ccc(F)cc1)S(=O)(=O)c1ccc(Cl)cc1. The van der Waals surface area contributed by atoms with Crippen LogP contribution in [0.5, 0.6) is 0 Å². The number of thiophene rings is 1. The molecule has 0 spiro atoms. The predicted octanol–water partition coefficient (Wildman–Crippen LogP) is 5.12. The standard InChI is InChI=1S/C24H24ClFN2O3S2/c1-2-13-27(33(30,31)20-9-5-18(25)6-10-20)16-23(29)28-14-11-22-21(12-15-32-22)24(28)17-3-7-19(26)8-4-17/h3-10,12,15,24H,2,11,13-14,16H2,1H3. The Morgan fingerprint density at radius 1 is 1.15 bits per heavy atom. The summed E-state index contributed by atoms with van der Waals surface area (Å²) in [5, 5.41) is 2.43. The van der Waals surface area contributed by atoms with E-state index in [1.165, 1.54) is 45.6 Å². The van der Waals surface area contributed by atoms with Crippen molar-refractivity contribution in [3.8, 4) is 0 Å². The smallest absolute Gasteiger partial charge is 0.243 e. The second-order valence-corrected chi connectivity index (χ2v) is 11.3. The lowest BCUT2D eigenvalue weighted by Crippen LogP contribution is -2.46. The molecule has 3 aromatic rings. The Labute approximate surface area is 202 Å². The van der Waals surface area contributed by atoms with E-state index in [0.717, 1.165) is 11.1 Å². The summed E-state index contributed by atoms with van der Waals surface area (Å²) in [5.74, 6) is -0.631. The number of benzene rings is 2.